The Morgan fingerprint density at radius 3 is 2.53 bits per heavy atom. The third kappa shape index (κ3) is 3.58. The minimum Gasteiger partial charge on any atom is -0.295 e. The van der Waals surface area contributed by atoms with Gasteiger partial charge in [0.1, 0.15) is 0 Å². The molecular weight excluding hydrogens is 205 g/mol. The molecule has 1 aromatic carbocycles. The van der Waals surface area contributed by atoms with Gasteiger partial charge >= 0.3 is 6.18 Å². The van der Waals surface area contributed by atoms with Crippen LogP contribution in [0, 0.1) is 0 Å². The molecule has 0 atom stereocenters. The molecule has 80 valence electrons. The van der Waals surface area contributed by atoms with Crippen molar-refractivity contribution in [3.05, 3.63) is 41.5 Å². The van der Waals surface area contributed by atoms with Crippen molar-refractivity contribution in [1.29, 1.82) is 0 Å². The summed E-state index contributed by atoms with van der Waals surface area (Å²) in [6.07, 6.45) is -1.76. The summed E-state index contributed by atoms with van der Waals surface area (Å²) in [5.74, 6) is -0.201. The SMILES string of the molecule is CC(=O)/C=C\c1cccc(C(F)(F)F)c1. The van der Waals surface area contributed by atoms with Gasteiger partial charge in [-0.2, -0.15) is 13.2 Å². The van der Waals surface area contributed by atoms with Gasteiger partial charge in [0.05, 0.1) is 5.56 Å². The van der Waals surface area contributed by atoms with Gasteiger partial charge < -0.3 is 0 Å². The van der Waals surface area contributed by atoms with Crippen molar-refractivity contribution >= 4 is 11.9 Å². The molecule has 0 aliphatic rings. The highest BCUT2D eigenvalue weighted by molar-refractivity contribution is 5.91. The van der Waals surface area contributed by atoms with Gasteiger partial charge in [-0.3, -0.25) is 4.79 Å². The van der Waals surface area contributed by atoms with E-state index >= 15 is 0 Å². The molecule has 1 nitrogen and oxygen atoms in total. The largest absolute Gasteiger partial charge is 0.416 e. The normalized spacial score (nSPS) is 12.0. The van der Waals surface area contributed by atoms with Gasteiger partial charge in [-0.1, -0.05) is 18.2 Å². The summed E-state index contributed by atoms with van der Waals surface area (Å²) >= 11 is 0. The van der Waals surface area contributed by atoms with Crippen molar-refractivity contribution < 1.29 is 18.0 Å². The lowest BCUT2D eigenvalue weighted by atomic mass is 10.1. The van der Waals surface area contributed by atoms with Crippen molar-refractivity contribution in [2.24, 2.45) is 0 Å². The molecule has 0 aliphatic carbocycles. The Hall–Kier alpha value is -1.58. The Morgan fingerprint density at radius 2 is 2.00 bits per heavy atom. The third-order valence-electron chi connectivity index (χ3n) is 1.72. The molecular formula is C11H9F3O. The maximum absolute atomic E-state index is 12.3. The second-order valence-corrected chi connectivity index (χ2v) is 3.07. The van der Waals surface area contributed by atoms with Crippen LogP contribution in [0.25, 0.3) is 6.08 Å². The summed E-state index contributed by atoms with van der Waals surface area (Å²) in [7, 11) is 0. The summed E-state index contributed by atoms with van der Waals surface area (Å²) in [6.45, 7) is 1.34. The number of alkyl halides is 3. The van der Waals surface area contributed by atoms with Gasteiger partial charge in [0, 0.05) is 0 Å². The first-order valence-electron chi connectivity index (χ1n) is 4.25. The van der Waals surface area contributed by atoms with Gasteiger partial charge in [-0.05, 0) is 30.7 Å². The number of allylic oxidation sites excluding steroid dienone is 1. The van der Waals surface area contributed by atoms with Crippen LogP contribution in [-0.2, 0) is 11.0 Å². The average molecular weight is 214 g/mol. The Bertz CT molecular complexity index is 391. The lowest BCUT2D eigenvalue weighted by Crippen LogP contribution is -2.04. The van der Waals surface area contributed by atoms with Crippen LogP contribution in [0.1, 0.15) is 18.1 Å². The molecule has 1 aromatic rings. The van der Waals surface area contributed by atoms with Gasteiger partial charge in [0.15, 0.2) is 5.78 Å². The Morgan fingerprint density at radius 1 is 1.33 bits per heavy atom. The summed E-state index contributed by atoms with van der Waals surface area (Å²) < 4.78 is 36.8. The fraction of sp³-hybridized carbons (Fsp3) is 0.182. The number of hydrogen-bond acceptors (Lipinski definition) is 1. The number of ketones is 1. The van der Waals surface area contributed by atoms with E-state index in [0.29, 0.717) is 5.56 Å². The fourth-order valence-corrected chi connectivity index (χ4v) is 1.03. The molecule has 0 N–H and O–H groups in total. The zero-order valence-electron chi connectivity index (χ0n) is 8.01. The van der Waals surface area contributed by atoms with Crippen LogP contribution >= 0.6 is 0 Å². The molecule has 4 heteroatoms. The van der Waals surface area contributed by atoms with E-state index in [0.717, 1.165) is 12.1 Å². The summed E-state index contributed by atoms with van der Waals surface area (Å²) in [5.41, 5.74) is -0.353. The summed E-state index contributed by atoms with van der Waals surface area (Å²) in [6, 6.07) is 4.81. The maximum atomic E-state index is 12.3. The van der Waals surface area contributed by atoms with Crippen molar-refractivity contribution in [3.63, 3.8) is 0 Å². The Labute approximate surface area is 85.2 Å². The van der Waals surface area contributed by atoms with E-state index in [1.165, 1.54) is 31.2 Å². The van der Waals surface area contributed by atoms with E-state index in [2.05, 4.69) is 0 Å². The molecule has 0 saturated heterocycles. The van der Waals surface area contributed by atoms with Crippen LogP contribution in [-0.4, -0.2) is 5.78 Å². The standard InChI is InChI=1S/C11H9F3O/c1-8(15)5-6-9-3-2-4-10(7-9)11(12,13)14/h2-7H,1H3/b6-5-. The second-order valence-electron chi connectivity index (χ2n) is 3.07. The van der Waals surface area contributed by atoms with Crippen LogP contribution < -0.4 is 0 Å². The molecule has 0 amide bonds. The lowest BCUT2D eigenvalue weighted by Gasteiger charge is -2.06. The Kier molecular flexibility index (Phi) is 3.29. The predicted octanol–water partition coefficient (Wildman–Crippen LogP) is 3.31. The predicted molar refractivity (Wildman–Crippen MR) is 51.2 cm³/mol. The third-order valence-corrected chi connectivity index (χ3v) is 1.72. The van der Waals surface area contributed by atoms with Crippen molar-refractivity contribution in [2.75, 3.05) is 0 Å². The number of benzene rings is 1. The van der Waals surface area contributed by atoms with E-state index in [9.17, 15) is 18.0 Å². The molecule has 1 rings (SSSR count). The van der Waals surface area contributed by atoms with Gasteiger partial charge in [-0.25, -0.2) is 0 Å². The van der Waals surface area contributed by atoms with E-state index < -0.39 is 11.7 Å². The quantitative estimate of drug-likeness (QED) is 0.690. The molecule has 0 radical (unpaired) electrons. The summed E-state index contributed by atoms with van der Waals surface area (Å²) in [5, 5.41) is 0. The van der Waals surface area contributed by atoms with Gasteiger partial charge in [0.2, 0.25) is 0 Å². The van der Waals surface area contributed by atoms with Crippen LogP contribution in [0.3, 0.4) is 0 Å². The Balaban J connectivity index is 2.98. The number of rotatable bonds is 2. The molecule has 0 fully saturated rings. The highest BCUT2D eigenvalue weighted by Crippen LogP contribution is 2.29. The van der Waals surface area contributed by atoms with E-state index in [-0.39, 0.29) is 5.78 Å². The minimum atomic E-state index is -4.35. The first kappa shape index (κ1) is 11.5. The van der Waals surface area contributed by atoms with Crippen molar-refractivity contribution in [2.45, 2.75) is 13.1 Å². The van der Waals surface area contributed by atoms with E-state index in [1.54, 1.807) is 0 Å². The van der Waals surface area contributed by atoms with Crippen LogP contribution in [0.15, 0.2) is 30.3 Å². The first-order chi connectivity index (χ1) is 6.89. The first-order valence-corrected chi connectivity index (χ1v) is 4.25. The van der Waals surface area contributed by atoms with Gasteiger partial charge in [0.25, 0.3) is 0 Å². The maximum Gasteiger partial charge on any atom is 0.416 e. The molecule has 0 aromatic heterocycles. The molecule has 0 heterocycles. The van der Waals surface area contributed by atoms with Crippen LogP contribution in [0.2, 0.25) is 0 Å². The number of halogens is 3. The van der Waals surface area contributed by atoms with Crippen molar-refractivity contribution in [3.8, 4) is 0 Å². The highest BCUT2D eigenvalue weighted by Gasteiger charge is 2.30. The molecule has 0 bridgehead atoms. The van der Waals surface area contributed by atoms with Crippen molar-refractivity contribution in [1.82, 2.24) is 0 Å². The topological polar surface area (TPSA) is 17.1 Å². The van der Waals surface area contributed by atoms with Crippen LogP contribution in [0.4, 0.5) is 13.2 Å². The number of carbonyl (C=O) groups excluding carboxylic acids is 1. The lowest BCUT2D eigenvalue weighted by molar-refractivity contribution is -0.137. The van der Waals surface area contributed by atoms with Gasteiger partial charge in [-0.15, -0.1) is 0 Å². The molecule has 0 spiro atoms. The zero-order valence-corrected chi connectivity index (χ0v) is 8.01. The molecule has 0 saturated carbocycles. The average Bonchev–Trinajstić information content (AvgIpc) is 2.14. The summed E-state index contributed by atoms with van der Waals surface area (Å²) in [4.78, 5) is 10.6. The fourth-order valence-electron chi connectivity index (χ4n) is 1.03. The van der Waals surface area contributed by atoms with Crippen LogP contribution in [0.5, 0.6) is 0 Å². The smallest absolute Gasteiger partial charge is 0.295 e. The number of hydrogen-bond donors (Lipinski definition) is 0. The monoisotopic (exact) mass is 214 g/mol. The molecule has 0 aliphatic heterocycles. The highest BCUT2D eigenvalue weighted by atomic mass is 19.4. The zero-order chi connectivity index (χ0) is 11.5. The second kappa shape index (κ2) is 4.29. The molecule has 0 unspecified atom stereocenters. The molecule has 15 heavy (non-hydrogen) atoms. The van der Waals surface area contributed by atoms with E-state index in [1.807, 2.05) is 0 Å². The minimum absolute atomic E-state index is 0.201. The van der Waals surface area contributed by atoms with E-state index in [4.69, 9.17) is 0 Å². The number of carbonyl (C=O) groups is 1.